The van der Waals surface area contributed by atoms with Gasteiger partial charge < -0.3 is 4.74 Å². The number of anilines is 2. The highest BCUT2D eigenvalue weighted by Gasteiger charge is 2.81. The summed E-state index contributed by atoms with van der Waals surface area (Å²) in [5, 5.41) is 0. The van der Waals surface area contributed by atoms with Crippen LogP contribution >= 0.6 is 15.9 Å². The lowest BCUT2D eigenvalue weighted by Gasteiger charge is -2.59. The Morgan fingerprint density at radius 3 is 1.58 bits per heavy atom. The lowest BCUT2D eigenvalue weighted by atomic mass is 9.43. The van der Waals surface area contributed by atoms with Crippen molar-refractivity contribution >= 4 is 56.9 Å². The van der Waals surface area contributed by atoms with E-state index in [-0.39, 0.29) is 12.2 Å². The zero-order chi connectivity index (χ0) is 27.1. The number of para-hydroxylation sites is 2. The molecule has 2 aromatic carbocycles. The fourth-order valence-electron chi connectivity index (χ4n) is 7.39. The largest absolute Gasteiger partial charge is 0.463 e. The van der Waals surface area contributed by atoms with E-state index >= 15 is 0 Å². The predicted octanol–water partition coefficient (Wildman–Crippen LogP) is 3.64. The summed E-state index contributed by atoms with van der Waals surface area (Å²) in [6.45, 7) is 5.13. The van der Waals surface area contributed by atoms with Crippen molar-refractivity contribution in [3.8, 4) is 0 Å². The molecule has 1 saturated carbocycles. The maximum atomic E-state index is 14.1. The molecular formula is C29H25BrN2O6. The molecule has 2 saturated heterocycles. The second kappa shape index (κ2) is 8.20. The van der Waals surface area contributed by atoms with Crippen LogP contribution in [0.3, 0.4) is 0 Å². The van der Waals surface area contributed by atoms with Crippen molar-refractivity contribution in [3.05, 3.63) is 71.8 Å². The molecule has 38 heavy (non-hydrogen) atoms. The van der Waals surface area contributed by atoms with E-state index in [1.54, 1.807) is 81.4 Å². The molecule has 8 nitrogen and oxygen atoms in total. The predicted molar refractivity (Wildman–Crippen MR) is 141 cm³/mol. The molecule has 0 N–H and O–H groups in total. The van der Waals surface area contributed by atoms with Crippen molar-refractivity contribution in [2.75, 3.05) is 16.4 Å². The fraction of sp³-hybridized carbons (Fsp3) is 0.345. The van der Waals surface area contributed by atoms with Crippen LogP contribution in [0.2, 0.25) is 0 Å². The molecule has 0 radical (unpaired) electrons. The summed E-state index contributed by atoms with van der Waals surface area (Å²) in [5.41, 5.74) is -0.00710. The number of hydrogen-bond acceptors (Lipinski definition) is 6. The lowest BCUT2D eigenvalue weighted by molar-refractivity contribution is -0.152. The fourth-order valence-corrected chi connectivity index (χ4v) is 8.51. The number of carbonyl (C=O) groups is 5. The van der Waals surface area contributed by atoms with E-state index in [0.29, 0.717) is 16.9 Å². The molecule has 2 aromatic rings. The standard InChI is InChI=1S/C29H25BrN2O6/c1-4-38-27(37)18-15(2)29(30)21-19(23(33)31(25(21)35)16-11-7-5-8-12-16)28(18,3)20-22(29)26(36)32(24(20)34)17-13-9-6-10-14-17/h5-14,19-22H,4H2,1-3H3/t19-,20+,21-,22-,28?,29?/m1/s1. The highest BCUT2D eigenvalue weighted by Crippen LogP contribution is 2.72. The Kier molecular flexibility index (Phi) is 5.34. The first-order valence-corrected chi connectivity index (χ1v) is 13.3. The number of carbonyl (C=O) groups excluding carboxylic acids is 5. The number of amides is 4. The van der Waals surface area contributed by atoms with Crippen molar-refractivity contribution < 1.29 is 28.7 Å². The first-order chi connectivity index (χ1) is 18.1. The summed E-state index contributed by atoms with van der Waals surface area (Å²) < 4.78 is 3.99. The van der Waals surface area contributed by atoms with E-state index in [9.17, 15) is 24.0 Å². The first kappa shape index (κ1) is 24.7. The highest BCUT2D eigenvalue weighted by molar-refractivity contribution is 9.10. The average Bonchev–Trinajstić information content (AvgIpc) is 3.34. The highest BCUT2D eigenvalue weighted by atomic mass is 79.9. The van der Waals surface area contributed by atoms with Gasteiger partial charge in [-0.3, -0.25) is 19.2 Å². The van der Waals surface area contributed by atoms with Gasteiger partial charge in [-0.25, -0.2) is 14.6 Å². The molecule has 3 fully saturated rings. The van der Waals surface area contributed by atoms with Gasteiger partial charge in [0.2, 0.25) is 23.6 Å². The number of nitrogens with zero attached hydrogens (tertiary/aromatic N) is 2. The van der Waals surface area contributed by atoms with Crippen LogP contribution in [-0.2, 0) is 28.7 Å². The molecule has 4 amide bonds. The second-order valence-electron chi connectivity index (χ2n) is 10.4. The van der Waals surface area contributed by atoms with Crippen LogP contribution in [0.5, 0.6) is 0 Å². The molecule has 9 heteroatoms. The van der Waals surface area contributed by atoms with Gasteiger partial charge in [0.15, 0.2) is 0 Å². The number of rotatable bonds is 4. The quantitative estimate of drug-likeness (QED) is 0.313. The van der Waals surface area contributed by atoms with Gasteiger partial charge in [-0.15, -0.1) is 0 Å². The van der Waals surface area contributed by atoms with Gasteiger partial charge in [0, 0.05) is 11.0 Å². The third-order valence-corrected chi connectivity index (χ3v) is 10.4. The smallest absolute Gasteiger partial charge is 0.334 e. The topological polar surface area (TPSA) is 101 Å². The maximum Gasteiger partial charge on any atom is 0.334 e. The number of halogens is 1. The van der Waals surface area contributed by atoms with Crippen LogP contribution in [0.15, 0.2) is 71.8 Å². The molecular weight excluding hydrogens is 552 g/mol. The van der Waals surface area contributed by atoms with Crippen molar-refractivity contribution in [1.82, 2.24) is 0 Å². The summed E-state index contributed by atoms with van der Waals surface area (Å²) in [6.07, 6.45) is 0. The summed E-state index contributed by atoms with van der Waals surface area (Å²) >= 11 is 3.77. The van der Waals surface area contributed by atoms with Gasteiger partial charge in [-0.1, -0.05) is 59.3 Å². The van der Waals surface area contributed by atoms with Gasteiger partial charge in [-0.2, -0.15) is 0 Å². The number of allylic oxidation sites excluding steroid dienone is 1. The van der Waals surface area contributed by atoms with Crippen LogP contribution in [0, 0.1) is 29.1 Å². The van der Waals surface area contributed by atoms with Crippen LogP contribution < -0.4 is 9.80 Å². The minimum Gasteiger partial charge on any atom is -0.463 e. The Bertz CT molecular complexity index is 1370. The zero-order valence-corrected chi connectivity index (χ0v) is 22.6. The number of ether oxygens (including phenoxy) is 1. The van der Waals surface area contributed by atoms with E-state index < -0.39 is 63.0 Å². The van der Waals surface area contributed by atoms with E-state index in [2.05, 4.69) is 15.9 Å². The Hall–Kier alpha value is -3.59. The molecule has 0 spiro atoms. The van der Waals surface area contributed by atoms with E-state index in [1.807, 2.05) is 0 Å². The molecule has 2 heterocycles. The molecule has 0 aromatic heterocycles. The summed E-state index contributed by atoms with van der Waals surface area (Å²) in [5.74, 6) is -6.66. The molecule has 194 valence electrons. The Labute approximate surface area is 227 Å². The minimum atomic E-state index is -1.45. The van der Waals surface area contributed by atoms with E-state index in [4.69, 9.17) is 4.74 Å². The number of esters is 1. The Balaban J connectivity index is 1.61. The molecule has 6 atom stereocenters. The van der Waals surface area contributed by atoms with Gasteiger partial charge >= 0.3 is 5.97 Å². The SMILES string of the molecule is CCOC(=O)C1=C(C)C2(Br)[C@H]3C(=O)N(c4ccccc4)C(=O)[C@H]3C1(C)[C@H]1C(=O)N(c3ccccc3)C(=O)[C@@H]12. The molecule has 2 bridgehead atoms. The van der Waals surface area contributed by atoms with Gasteiger partial charge in [0.25, 0.3) is 0 Å². The van der Waals surface area contributed by atoms with Crippen molar-refractivity contribution in [2.24, 2.45) is 29.1 Å². The summed E-state index contributed by atoms with van der Waals surface area (Å²) in [6, 6.07) is 17.1. The van der Waals surface area contributed by atoms with E-state index in [0.717, 1.165) is 9.80 Å². The Morgan fingerprint density at radius 1 is 0.789 bits per heavy atom. The molecule has 5 aliphatic rings. The lowest BCUT2D eigenvalue weighted by Crippen LogP contribution is -2.67. The average molecular weight is 577 g/mol. The van der Waals surface area contributed by atoms with Gasteiger partial charge in [-0.05, 0) is 43.7 Å². The van der Waals surface area contributed by atoms with Crippen molar-refractivity contribution in [1.29, 1.82) is 0 Å². The van der Waals surface area contributed by atoms with Gasteiger partial charge in [0.1, 0.15) is 0 Å². The third kappa shape index (κ3) is 2.77. The van der Waals surface area contributed by atoms with E-state index in [1.165, 1.54) is 0 Å². The normalized spacial score (nSPS) is 33.7. The molecule has 3 aliphatic carbocycles. The first-order valence-electron chi connectivity index (χ1n) is 12.5. The third-order valence-electron chi connectivity index (χ3n) is 8.81. The number of alkyl halides is 1. The zero-order valence-electron chi connectivity index (χ0n) is 21.0. The summed E-state index contributed by atoms with van der Waals surface area (Å²) in [7, 11) is 0. The number of benzene rings is 2. The van der Waals surface area contributed by atoms with Crippen LogP contribution in [-0.4, -0.2) is 40.5 Å². The minimum absolute atomic E-state index is 0.0925. The number of imide groups is 2. The molecule has 2 unspecified atom stereocenters. The van der Waals surface area contributed by atoms with Crippen molar-refractivity contribution in [3.63, 3.8) is 0 Å². The number of hydrogen-bond donors (Lipinski definition) is 0. The van der Waals surface area contributed by atoms with Crippen LogP contribution in [0.1, 0.15) is 20.8 Å². The summed E-state index contributed by atoms with van der Waals surface area (Å²) in [4.78, 5) is 72.2. The maximum absolute atomic E-state index is 14.1. The molecule has 7 rings (SSSR count). The van der Waals surface area contributed by atoms with Crippen LogP contribution in [0.4, 0.5) is 11.4 Å². The second-order valence-corrected chi connectivity index (χ2v) is 11.7. The monoisotopic (exact) mass is 576 g/mol. The Morgan fingerprint density at radius 2 is 1.18 bits per heavy atom. The van der Waals surface area contributed by atoms with Crippen LogP contribution in [0.25, 0.3) is 0 Å². The van der Waals surface area contributed by atoms with Gasteiger partial charge in [0.05, 0.1) is 46.0 Å². The van der Waals surface area contributed by atoms with Crippen molar-refractivity contribution in [2.45, 2.75) is 25.1 Å². The molecule has 2 aliphatic heterocycles.